The molecule has 0 aromatic carbocycles. The number of hydrogen-bond donors (Lipinski definition) is 1. The highest BCUT2D eigenvalue weighted by Crippen LogP contribution is 2.69. The Kier molecular flexibility index (Phi) is 3.21. The number of carbonyl (C=O) groups is 1. The minimum atomic E-state index is 0.0463. The molecule has 2 bridgehead atoms. The molecule has 4 fully saturated rings. The normalized spacial score (nSPS) is 52.7. The molecular weight excluding hydrogens is 314 g/mol. The summed E-state index contributed by atoms with van der Waals surface area (Å²) in [6.45, 7) is 2.33. The van der Waals surface area contributed by atoms with Crippen molar-refractivity contribution in [1.82, 2.24) is 5.32 Å². The van der Waals surface area contributed by atoms with Crippen LogP contribution in [0, 0.1) is 35.5 Å². The summed E-state index contributed by atoms with van der Waals surface area (Å²) in [5.74, 6) is 4.84. The van der Waals surface area contributed by atoms with Crippen LogP contribution in [0.4, 0.5) is 0 Å². The molecular formula is C17H26BrNO. The summed E-state index contributed by atoms with van der Waals surface area (Å²) in [4.78, 5) is 12.7. The molecule has 2 nitrogen and oxygen atoms in total. The maximum absolute atomic E-state index is 12.7. The van der Waals surface area contributed by atoms with Crippen molar-refractivity contribution in [3.8, 4) is 0 Å². The van der Waals surface area contributed by atoms with E-state index in [0.717, 1.165) is 47.8 Å². The average Bonchev–Trinajstić information content (AvgIpc) is 2.88. The highest BCUT2D eigenvalue weighted by atomic mass is 79.9. The summed E-state index contributed by atoms with van der Waals surface area (Å²) in [5.41, 5.74) is 0.0463. The molecule has 1 amide bonds. The van der Waals surface area contributed by atoms with Crippen LogP contribution in [-0.2, 0) is 4.79 Å². The molecule has 6 atom stereocenters. The van der Waals surface area contributed by atoms with E-state index in [1.165, 1.54) is 32.1 Å². The van der Waals surface area contributed by atoms with Gasteiger partial charge >= 0.3 is 0 Å². The molecule has 6 unspecified atom stereocenters. The zero-order valence-electron chi connectivity index (χ0n) is 12.4. The predicted molar refractivity (Wildman–Crippen MR) is 83.6 cm³/mol. The molecule has 20 heavy (non-hydrogen) atoms. The first kappa shape index (κ1) is 13.6. The van der Waals surface area contributed by atoms with Gasteiger partial charge in [0, 0.05) is 16.8 Å². The van der Waals surface area contributed by atoms with Crippen molar-refractivity contribution < 1.29 is 4.79 Å². The van der Waals surface area contributed by atoms with Gasteiger partial charge in [0.15, 0.2) is 0 Å². The zero-order chi connectivity index (χ0) is 13.9. The van der Waals surface area contributed by atoms with E-state index < -0.39 is 0 Å². The zero-order valence-corrected chi connectivity index (χ0v) is 14.0. The Morgan fingerprint density at radius 3 is 2.55 bits per heavy atom. The Hall–Kier alpha value is -0.0500. The summed E-state index contributed by atoms with van der Waals surface area (Å²) in [5, 5.41) is 4.41. The molecule has 0 aliphatic heterocycles. The third-order valence-corrected chi connectivity index (χ3v) is 7.85. The number of amides is 1. The van der Waals surface area contributed by atoms with E-state index in [0.29, 0.717) is 11.8 Å². The molecule has 0 saturated heterocycles. The molecule has 1 N–H and O–H groups in total. The Morgan fingerprint density at radius 2 is 1.95 bits per heavy atom. The quantitative estimate of drug-likeness (QED) is 0.779. The van der Waals surface area contributed by atoms with E-state index >= 15 is 0 Å². The Labute approximate surface area is 130 Å². The topological polar surface area (TPSA) is 29.1 Å². The van der Waals surface area contributed by atoms with Gasteiger partial charge in [-0.1, -0.05) is 35.7 Å². The van der Waals surface area contributed by atoms with Gasteiger partial charge in [-0.05, 0) is 61.7 Å². The van der Waals surface area contributed by atoms with Crippen LogP contribution in [0.15, 0.2) is 0 Å². The van der Waals surface area contributed by atoms with Crippen LogP contribution in [0.1, 0.15) is 51.9 Å². The van der Waals surface area contributed by atoms with Crippen LogP contribution in [0.2, 0.25) is 0 Å². The van der Waals surface area contributed by atoms with E-state index in [1.807, 2.05) is 0 Å². The average molecular weight is 340 g/mol. The molecule has 4 aliphatic carbocycles. The van der Waals surface area contributed by atoms with Crippen molar-refractivity contribution in [2.75, 3.05) is 5.33 Å². The molecule has 112 valence electrons. The number of halogens is 1. The number of carbonyl (C=O) groups excluding carboxylic acids is 1. The third-order valence-electron chi connectivity index (χ3n) is 6.77. The minimum absolute atomic E-state index is 0.0463. The lowest BCUT2D eigenvalue weighted by molar-refractivity contribution is -0.125. The first-order valence-corrected chi connectivity index (χ1v) is 9.64. The largest absolute Gasteiger partial charge is 0.350 e. The fourth-order valence-corrected chi connectivity index (χ4v) is 6.60. The van der Waals surface area contributed by atoms with Crippen molar-refractivity contribution in [2.45, 2.75) is 57.4 Å². The molecule has 4 saturated carbocycles. The van der Waals surface area contributed by atoms with E-state index in [9.17, 15) is 4.79 Å². The van der Waals surface area contributed by atoms with Gasteiger partial charge in [0.2, 0.25) is 5.91 Å². The third kappa shape index (κ3) is 1.99. The van der Waals surface area contributed by atoms with E-state index in [2.05, 4.69) is 28.2 Å². The van der Waals surface area contributed by atoms with Gasteiger partial charge < -0.3 is 5.32 Å². The van der Waals surface area contributed by atoms with Gasteiger partial charge in [-0.15, -0.1) is 0 Å². The van der Waals surface area contributed by atoms with Crippen LogP contribution in [0.5, 0.6) is 0 Å². The van der Waals surface area contributed by atoms with Crippen LogP contribution < -0.4 is 5.32 Å². The van der Waals surface area contributed by atoms with Crippen LogP contribution in [-0.4, -0.2) is 16.8 Å². The Bertz CT molecular complexity index is 409. The van der Waals surface area contributed by atoms with Crippen LogP contribution in [0.3, 0.4) is 0 Å². The number of hydrogen-bond acceptors (Lipinski definition) is 1. The molecule has 0 radical (unpaired) electrons. The molecule has 0 heterocycles. The summed E-state index contributed by atoms with van der Waals surface area (Å²) < 4.78 is 0. The second-order valence-corrected chi connectivity index (χ2v) is 8.68. The molecule has 3 heteroatoms. The summed E-state index contributed by atoms with van der Waals surface area (Å²) in [6, 6.07) is 0. The van der Waals surface area contributed by atoms with Gasteiger partial charge in [-0.25, -0.2) is 0 Å². The standard InChI is InChI=1S/C17H26BrNO/c1-10-3-2-6-17(8-10,9-18)19-16(20)15-13-11-4-5-12(7-11)14(13)15/h10-15H,2-9H2,1H3,(H,19,20). The maximum Gasteiger partial charge on any atom is 0.224 e. The molecule has 4 rings (SSSR count). The summed E-state index contributed by atoms with van der Waals surface area (Å²) >= 11 is 3.68. The fourth-order valence-electron chi connectivity index (χ4n) is 5.95. The van der Waals surface area contributed by atoms with Gasteiger partial charge in [0.25, 0.3) is 0 Å². The van der Waals surface area contributed by atoms with Gasteiger partial charge in [-0.3, -0.25) is 4.79 Å². The van der Waals surface area contributed by atoms with E-state index in [1.54, 1.807) is 0 Å². The Morgan fingerprint density at radius 1 is 1.25 bits per heavy atom. The Balaban J connectivity index is 1.42. The lowest BCUT2D eigenvalue weighted by Crippen LogP contribution is -2.53. The number of nitrogens with one attached hydrogen (secondary N) is 1. The SMILES string of the molecule is CC1CCCC(CBr)(NC(=O)C2C3C4CCC(C4)C23)C1. The second-order valence-electron chi connectivity index (χ2n) is 8.12. The van der Waals surface area contributed by atoms with Crippen LogP contribution >= 0.6 is 15.9 Å². The van der Waals surface area contributed by atoms with Crippen molar-refractivity contribution in [1.29, 1.82) is 0 Å². The molecule has 4 aliphatic rings. The van der Waals surface area contributed by atoms with Gasteiger partial charge in [0.05, 0.1) is 0 Å². The predicted octanol–water partition coefficient (Wildman–Crippen LogP) is 3.74. The van der Waals surface area contributed by atoms with Crippen molar-refractivity contribution in [3.63, 3.8) is 0 Å². The number of rotatable bonds is 3. The van der Waals surface area contributed by atoms with E-state index in [-0.39, 0.29) is 5.54 Å². The number of alkyl halides is 1. The monoisotopic (exact) mass is 339 g/mol. The van der Waals surface area contributed by atoms with Gasteiger partial charge in [0.1, 0.15) is 0 Å². The summed E-state index contributed by atoms with van der Waals surface area (Å²) in [7, 11) is 0. The molecule has 0 spiro atoms. The van der Waals surface area contributed by atoms with Crippen molar-refractivity contribution in [3.05, 3.63) is 0 Å². The second kappa shape index (κ2) is 4.72. The first-order valence-electron chi connectivity index (χ1n) is 8.51. The number of fused-ring (bicyclic) bond motifs is 5. The smallest absolute Gasteiger partial charge is 0.224 e. The molecule has 0 aromatic rings. The lowest BCUT2D eigenvalue weighted by Gasteiger charge is -2.40. The van der Waals surface area contributed by atoms with Gasteiger partial charge in [-0.2, -0.15) is 0 Å². The maximum atomic E-state index is 12.7. The van der Waals surface area contributed by atoms with Crippen molar-refractivity contribution in [2.24, 2.45) is 35.5 Å². The highest BCUT2D eigenvalue weighted by molar-refractivity contribution is 9.09. The minimum Gasteiger partial charge on any atom is -0.350 e. The highest BCUT2D eigenvalue weighted by Gasteiger charge is 2.67. The van der Waals surface area contributed by atoms with E-state index in [4.69, 9.17) is 0 Å². The molecule has 0 aromatic heterocycles. The van der Waals surface area contributed by atoms with Crippen LogP contribution in [0.25, 0.3) is 0 Å². The fraction of sp³-hybridized carbons (Fsp3) is 0.941. The summed E-state index contributed by atoms with van der Waals surface area (Å²) in [6.07, 6.45) is 9.12. The first-order chi connectivity index (χ1) is 9.63. The van der Waals surface area contributed by atoms with Crippen molar-refractivity contribution >= 4 is 21.8 Å². The lowest BCUT2D eigenvalue weighted by atomic mass is 9.77.